The third kappa shape index (κ3) is 4.22. The van der Waals surface area contributed by atoms with Crippen molar-refractivity contribution in [3.63, 3.8) is 0 Å². The zero-order chi connectivity index (χ0) is 11.3. The molecular weight excluding hydrogens is 230 g/mol. The highest BCUT2D eigenvalue weighted by Gasteiger charge is 2.20. The van der Waals surface area contributed by atoms with Crippen LogP contribution in [0.3, 0.4) is 0 Å². The third-order valence-corrected chi connectivity index (χ3v) is 4.09. The summed E-state index contributed by atoms with van der Waals surface area (Å²) in [6.45, 7) is 0. The van der Waals surface area contributed by atoms with Gasteiger partial charge in [0, 0.05) is 24.6 Å². The first-order valence-electron chi connectivity index (χ1n) is 4.73. The molecule has 1 rings (SSSR count). The Morgan fingerprint density at radius 3 is 2.67 bits per heavy atom. The number of pyridine rings is 1. The largest absolute Gasteiger partial charge is 0.261 e. The first kappa shape index (κ1) is 12.5. The zero-order valence-corrected chi connectivity index (χ0v) is 10.3. The molecular formula is C10H15NO2S2. The summed E-state index contributed by atoms with van der Waals surface area (Å²) in [5, 5.41) is -0.370. The molecule has 1 aromatic rings. The van der Waals surface area contributed by atoms with Crippen LogP contribution in [0.1, 0.15) is 12.1 Å². The summed E-state index contributed by atoms with van der Waals surface area (Å²) >= 11 is 4.07. The minimum atomic E-state index is -3.01. The Balaban J connectivity index is 2.76. The SMILES string of the molecule is CS(=O)(=O)C(CCS)Cc1ccccn1. The summed E-state index contributed by atoms with van der Waals surface area (Å²) in [7, 11) is -3.01. The standard InChI is InChI=1S/C10H15NO2S2/c1-15(12,13)10(5-7-14)8-9-4-2-3-6-11-9/h2-4,6,10,14H,5,7-8H2,1H3. The normalized spacial score (nSPS) is 13.7. The van der Waals surface area contributed by atoms with Crippen LogP contribution in [-0.4, -0.2) is 30.7 Å². The second kappa shape index (κ2) is 5.51. The summed E-state index contributed by atoms with van der Waals surface area (Å²) in [5.41, 5.74) is 0.815. The lowest BCUT2D eigenvalue weighted by Crippen LogP contribution is -2.23. The Morgan fingerprint density at radius 2 is 2.20 bits per heavy atom. The molecule has 1 heterocycles. The maximum absolute atomic E-state index is 11.5. The summed E-state index contributed by atoms with van der Waals surface area (Å²) in [4.78, 5) is 4.12. The second-order valence-electron chi connectivity index (χ2n) is 3.49. The van der Waals surface area contributed by atoms with E-state index in [0.717, 1.165) is 5.69 Å². The van der Waals surface area contributed by atoms with E-state index in [0.29, 0.717) is 18.6 Å². The van der Waals surface area contributed by atoms with Gasteiger partial charge in [-0.2, -0.15) is 12.6 Å². The number of hydrogen-bond acceptors (Lipinski definition) is 4. The van der Waals surface area contributed by atoms with Crippen molar-refractivity contribution in [2.75, 3.05) is 12.0 Å². The molecule has 84 valence electrons. The summed E-state index contributed by atoms with van der Waals surface area (Å²) < 4.78 is 22.9. The van der Waals surface area contributed by atoms with Crippen molar-refractivity contribution >= 4 is 22.5 Å². The lowest BCUT2D eigenvalue weighted by Gasteiger charge is -2.12. The van der Waals surface area contributed by atoms with Gasteiger partial charge < -0.3 is 0 Å². The number of thiol groups is 1. The van der Waals surface area contributed by atoms with Crippen LogP contribution >= 0.6 is 12.6 Å². The molecule has 0 aliphatic heterocycles. The fourth-order valence-electron chi connectivity index (χ4n) is 1.36. The highest BCUT2D eigenvalue weighted by molar-refractivity contribution is 7.91. The van der Waals surface area contributed by atoms with Gasteiger partial charge in [0.25, 0.3) is 0 Å². The second-order valence-corrected chi connectivity index (χ2v) is 6.26. The molecule has 0 bridgehead atoms. The molecule has 0 amide bonds. The van der Waals surface area contributed by atoms with Crippen molar-refractivity contribution in [3.8, 4) is 0 Å². The molecule has 0 radical (unpaired) electrons. The molecule has 0 aromatic carbocycles. The van der Waals surface area contributed by atoms with E-state index in [1.807, 2.05) is 18.2 Å². The molecule has 0 saturated heterocycles. The first-order valence-corrected chi connectivity index (χ1v) is 7.32. The van der Waals surface area contributed by atoms with Gasteiger partial charge in [0.15, 0.2) is 9.84 Å². The monoisotopic (exact) mass is 245 g/mol. The van der Waals surface area contributed by atoms with E-state index in [9.17, 15) is 8.42 Å². The van der Waals surface area contributed by atoms with Crippen molar-refractivity contribution in [3.05, 3.63) is 30.1 Å². The average Bonchev–Trinajstić information content (AvgIpc) is 2.17. The minimum absolute atomic E-state index is 0.370. The van der Waals surface area contributed by atoms with Gasteiger partial charge in [-0.3, -0.25) is 4.98 Å². The first-order chi connectivity index (χ1) is 7.04. The van der Waals surface area contributed by atoms with Crippen LogP contribution in [-0.2, 0) is 16.3 Å². The van der Waals surface area contributed by atoms with Gasteiger partial charge in [0.05, 0.1) is 5.25 Å². The zero-order valence-electron chi connectivity index (χ0n) is 8.63. The molecule has 3 nitrogen and oxygen atoms in total. The maximum Gasteiger partial charge on any atom is 0.150 e. The Labute approximate surface area is 96.3 Å². The molecule has 1 unspecified atom stereocenters. The van der Waals surface area contributed by atoms with E-state index in [1.165, 1.54) is 6.26 Å². The van der Waals surface area contributed by atoms with Crippen molar-refractivity contribution in [2.45, 2.75) is 18.1 Å². The van der Waals surface area contributed by atoms with E-state index < -0.39 is 9.84 Å². The lowest BCUT2D eigenvalue weighted by atomic mass is 10.2. The molecule has 0 fully saturated rings. The molecule has 5 heteroatoms. The van der Waals surface area contributed by atoms with Crippen molar-refractivity contribution in [1.82, 2.24) is 4.98 Å². The lowest BCUT2D eigenvalue weighted by molar-refractivity contribution is 0.579. The van der Waals surface area contributed by atoms with Gasteiger partial charge in [-0.25, -0.2) is 8.42 Å². The van der Waals surface area contributed by atoms with E-state index in [2.05, 4.69) is 17.6 Å². The Morgan fingerprint density at radius 1 is 1.47 bits per heavy atom. The van der Waals surface area contributed by atoms with E-state index in [-0.39, 0.29) is 5.25 Å². The molecule has 0 aliphatic carbocycles. The summed E-state index contributed by atoms with van der Waals surface area (Å²) in [5.74, 6) is 0.574. The Hall–Kier alpha value is -0.550. The highest BCUT2D eigenvalue weighted by Crippen LogP contribution is 2.11. The molecule has 15 heavy (non-hydrogen) atoms. The Bertz CT molecular complexity index is 389. The van der Waals surface area contributed by atoms with Crippen molar-refractivity contribution in [2.24, 2.45) is 0 Å². The molecule has 0 saturated carbocycles. The minimum Gasteiger partial charge on any atom is -0.261 e. The fraction of sp³-hybridized carbons (Fsp3) is 0.500. The fourth-order valence-corrected chi connectivity index (χ4v) is 2.87. The van der Waals surface area contributed by atoms with Crippen LogP contribution in [0.5, 0.6) is 0 Å². The number of aromatic nitrogens is 1. The highest BCUT2D eigenvalue weighted by atomic mass is 32.2. The molecule has 0 spiro atoms. The molecule has 1 aromatic heterocycles. The quantitative estimate of drug-likeness (QED) is 0.797. The van der Waals surface area contributed by atoms with Crippen LogP contribution in [0.4, 0.5) is 0 Å². The van der Waals surface area contributed by atoms with Gasteiger partial charge in [-0.05, 0) is 24.3 Å². The van der Waals surface area contributed by atoms with E-state index in [1.54, 1.807) is 6.20 Å². The summed E-state index contributed by atoms with van der Waals surface area (Å²) in [6, 6.07) is 5.52. The van der Waals surface area contributed by atoms with Crippen LogP contribution < -0.4 is 0 Å². The number of rotatable bonds is 5. The number of sulfone groups is 1. The molecule has 0 aliphatic rings. The van der Waals surface area contributed by atoms with Gasteiger partial charge in [0.2, 0.25) is 0 Å². The van der Waals surface area contributed by atoms with Gasteiger partial charge in [-0.15, -0.1) is 0 Å². The maximum atomic E-state index is 11.5. The average molecular weight is 245 g/mol. The van der Waals surface area contributed by atoms with Gasteiger partial charge in [0.1, 0.15) is 0 Å². The number of nitrogens with zero attached hydrogens (tertiary/aromatic N) is 1. The predicted molar refractivity (Wildman–Crippen MR) is 65.0 cm³/mol. The smallest absolute Gasteiger partial charge is 0.150 e. The van der Waals surface area contributed by atoms with Crippen LogP contribution in [0.25, 0.3) is 0 Å². The topological polar surface area (TPSA) is 47.0 Å². The Kier molecular flexibility index (Phi) is 4.60. The number of hydrogen-bond donors (Lipinski definition) is 1. The molecule has 0 N–H and O–H groups in total. The van der Waals surface area contributed by atoms with Crippen LogP contribution in [0, 0.1) is 0 Å². The third-order valence-electron chi connectivity index (χ3n) is 2.22. The van der Waals surface area contributed by atoms with E-state index in [4.69, 9.17) is 0 Å². The van der Waals surface area contributed by atoms with Crippen molar-refractivity contribution < 1.29 is 8.42 Å². The van der Waals surface area contributed by atoms with Crippen molar-refractivity contribution in [1.29, 1.82) is 0 Å². The molecule has 1 atom stereocenters. The van der Waals surface area contributed by atoms with Crippen LogP contribution in [0.2, 0.25) is 0 Å². The van der Waals surface area contributed by atoms with Crippen LogP contribution in [0.15, 0.2) is 24.4 Å². The predicted octanol–water partition coefficient (Wildman–Crippen LogP) is 1.36. The van der Waals surface area contributed by atoms with Gasteiger partial charge in [-0.1, -0.05) is 6.07 Å². The van der Waals surface area contributed by atoms with E-state index >= 15 is 0 Å². The summed E-state index contributed by atoms with van der Waals surface area (Å²) in [6.07, 6.45) is 3.98. The van der Waals surface area contributed by atoms with Gasteiger partial charge >= 0.3 is 0 Å².